The summed E-state index contributed by atoms with van der Waals surface area (Å²) in [6.45, 7) is 3.70. The molecular weight excluding hydrogens is 302 g/mol. The zero-order valence-corrected chi connectivity index (χ0v) is 13.5. The summed E-state index contributed by atoms with van der Waals surface area (Å²) >= 11 is 0. The Morgan fingerprint density at radius 3 is 2.71 bits per heavy atom. The van der Waals surface area contributed by atoms with E-state index in [1.807, 2.05) is 41.3 Å². The number of aromatic nitrogens is 2. The number of anilines is 1. The third-order valence-corrected chi connectivity index (χ3v) is 5.03. The van der Waals surface area contributed by atoms with Crippen LogP contribution in [0.1, 0.15) is 12.8 Å². The molecule has 2 aliphatic heterocycles. The Bertz CT molecular complexity index is 710. The fraction of sp³-hybridized carbons (Fsp3) is 0.389. The van der Waals surface area contributed by atoms with Gasteiger partial charge in [-0.05, 0) is 31.5 Å². The monoisotopic (exact) mass is 323 g/mol. The third-order valence-electron chi connectivity index (χ3n) is 5.03. The molecule has 124 valence electrons. The van der Waals surface area contributed by atoms with Crippen LogP contribution in [-0.4, -0.2) is 47.3 Å². The Kier molecular flexibility index (Phi) is 3.90. The molecule has 0 radical (unpaired) electrons. The number of carbonyl (C=O) groups excluding carboxylic acids is 1. The molecule has 4 rings (SSSR count). The normalized spacial score (nSPS) is 22.9. The second-order valence-corrected chi connectivity index (χ2v) is 6.70. The van der Waals surface area contributed by atoms with Gasteiger partial charge in [0.05, 0.1) is 5.69 Å². The Morgan fingerprint density at radius 2 is 2.00 bits per heavy atom. The number of carbonyl (C=O) groups is 1. The Morgan fingerprint density at radius 1 is 1.12 bits per heavy atom. The molecule has 2 N–H and O–H groups in total. The van der Waals surface area contributed by atoms with Gasteiger partial charge >= 0.3 is 6.03 Å². The maximum absolute atomic E-state index is 12.4. The highest BCUT2D eigenvalue weighted by Gasteiger charge is 2.41. The molecule has 2 saturated heterocycles. The molecule has 2 fully saturated rings. The molecule has 0 aliphatic carbocycles. The van der Waals surface area contributed by atoms with Gasteiger partial charge in [0.15, 0.2) is 5.82 Å². The van der Waals surface area contributed by atoms with Crippen molar-refractivity contribution in [3.63, 3.8) is 0 Å². The summed E-state index contributed by atoms with van der Waals surface area (Å²) in [5.41, 5.74) is 2.09. The van der Waals surface area contributed by atoms with Gasteiger partial charge in [-0.3, -0.25) is 5.32 Å². The summed E-state index contributed by atoms with van der Waals surface area (Å²) in [6.07, 6.45) is 2.23. The van der Waals surface area contributed by atoms with Crippen LogP contribution in [0.15, 0.2) is 42.5 Å². The van der Waals surface area contributed by atoms with E-state index in [4.69, 9.17) is 0 Å². The molecule has 0 saturated carbocycles. The van der Waals surface area contributed by atoms with Gasteiger partial charge in [0.25, 0.3) is 0 Å². The minimum absolute atomic E-state index is 0.0828. The van der Waals surface area contributed by atoms with E-state index < -0.39 is 0 Å². The first-order chi connectivity index (χ1) is 11.7. The zero-order chi connectivity index (χ0) is 16.4. The number of likely N-dealkylation sites (tertiary alicyclic amines) is 1. The number of nitrogens with one attached hydrogen (secondary N) is 2. The van der Waals surface area contributed by atoms with E-state index in [9.17, 15) is 4.79 Å². The topological polar surface area (TPSA) is 70.2 Å². The standard InChI is InChI=1S/C18H21N5O/c24-17(23-11-9-18(13-23)8-10-19-12-18)20-16-7-6-15(21-22-16)14-4-2-1-3-5-14/h1-7,19H,8-13H2,(H,20,22,24). The molecule has 2 aromatic rings. The van der Waals surface area contributed by atoms with E-state index >= 15 is 0 Å². The molecule has 1 unspecified atom stereocenters. The molecule has 1 atom stereocenters. The predicted molar refractivity (Wildman–Crippen MR) is 92.6 cm³/mol. The molecule has 3 heterocycles. The molecule has 6 nitrogen and oxygen atoms in total. The van der Waals surface area contributed by atoms with E-state index in [1.54, 1.807) is 6.07 Å². The Balaban J connectivity index is 1.39. The lowest BCUT2D eigenvalue weighted by molar-refractivity contribution is 0.215. The van der Waals surface area contributed by atoms with Crippen molar-refractivity contribution in [1.29, 1.82) is 0 Å². The molecule has 1 aromatic carbocycles. The minimum Gasteiger partial charge on any atom is -0.324 e. The van der Waals surface area contributed by atoms with Crippen molar-refractivity contribution >= 4 is 11.8 Å². The van der Waals surface area contributed by atoms with Crippen molar-refractivity contribution in [1.82, 2.24) is 20.4 Å². The number of rotatable bonds is 2. The second-order valence-electron chi connectivity index (χ2n) is 6.70. The Hall–Kier alpha value is -2.47. The zero-order valence-electron chi connectivity index (χ0n) is 13.5. The smallest absolute Gasteiger partial charge is 0.323 e. The maximum Gasteiger partial charge on any atom is 0.323 e. The number of hydrogen-bond donors (Lipinski definition) is 2. The van der Waals surface area contributed by atoms with Crippen LogP contribution in [-0.2, 0) is 0 Å². The summed E-state index contributed by atoms with van der Waals surface area (Å²) in [4.78, 5) is 14.3. The number of urea groups is 1. The largest absolute Gasteiger partial charge is 0.324 e. The van der Waals surface area contributed by atoms with Crippen LogP contribution in [0.2, 0.25) is 0 Å². The van der Waals surface area contributed by atoms with E-state index in [-0.39, 0.29) is 11.4 Å². The van der Waals surface area contributed by atoms with Gasteiger partial charge in [0.2, 0.25) is 0 Å². The van der Waals surface area contributed by atoms with Gasteiger partial charge in [-0.1, -0.05) is 30.3 Å². The van der Waals surface area contributed by atoms with Crippen molar-refractivity contribution in [3.05, 3.63) is 42.5 Å². The third kappa shape index (κ3) is 2.97. The van der Waals surface area contributed by atoms with Crippen LogP contribution in [0.25, 0.3) is 11.3 Å². The summed E-state index contributed by atoms with van der Waals surface area (Å²) in [5, 5.41) is 14.6. The minimum atomic E-state index is -0.0828. The van der Waals surface area contributed by atoms with Gasteiger partial charge in [-0.25, -0.2) is 4.79 Å². The fourth-order valence-electron chi connectivity index (χ4n) is 3.60. The van der Waals surface area contributed by atoms with Crippen LogP contribution >= 0.6 is 0 Å². The predicted octanol–water partition coefficient (Wildman–Crippen LogP) is 2.36. The van der Waals surface area contributed by atoms with Crippen LogP contribution in [0, 0.1) is 5.41 Å². The number of hydrogen-bond acceptors (Lipinski definition) is 4. The molecular formula is C18H21N5O. The van der Waals surface area contributed by atoms with E-state index in [0.717, 1.165) is 50.3 Å². The first kappa shape index (κ1) is 15.1. The molecule has 6 heteroatoms. The molecule has 24 heavy (non-hydrogen) atoms. The number of nitrogens with zero attached hydrogens (tertiary/aromatic N) is 3. The van der Waals surface area contributed by atoms with Gasteiger partial charge in [-0.15, -0.1) is 10.2 Å². The van der Waals surface area contributed by atoms with Crippen LogP contribution < -0.4 is 10.6 Å². The van der Waals surface area contributed by atoms with Crippen LogP contribution in [0.4, 0.5) is 10.6 Å². The average molecular weight is 323 g/mol. The van der Waals surface area contributed by atoms with E-state index in [2.05, 4.69) is 20.8 Å². The van der Waals surface area contributed by atoms with Crippen molar-refractivity contribution in [2.45, 2.75) is 12.8 Å². The van der Waals surface area contributed by atoms with Crippen molar-refractivity contribution < 1.29 is 4.79 Å². The average Bonchev–Trinajstić information content (AvgIpc) is 3.27. The first-order valence-corrected chi connectivity index (χ1v) is 8.40. The second kappa shape index (κ2) is 6.20. The maximum atomic E-state index is 12.4. The highest BCUT2D eigenvalue weighted by atomic mass is 16.2. The van der Waals surface area contributed by atoms with E-state index in [1.165, 1.54) is 0 Å². The van der Waals surface area contributed by atoms with Gasteiger partial charge in [0, 0.05) is 30.6 Å². The lowest BCUT2D eigenvalue weighted by Gasteiger charge is -2.22. The van der Waals surface area contributed by atoms with Gasteiger partial charge in [-0.2, -0.15) is 0 Å². The molecule has 2 aliphatic rings. The lowest BCUT2D eigenvalue weighted by atomic mass is 9.87. The quantitative estimate of drug-likeness (QED) is 0.890. The number of benzene rings is 1. The summed E-state index contributed by atoms with van der Waals surface area (Å²) in [6, 6.07) is 13.5. The molecule has 0 bridgehead atoms. The van der Waals surface area contributed by atoms with E-state index in [0.29, 0.717) is 5.82 Å². The highest BCUT2D eigenvalue weighted by molar-refractivity contribution is 5.88. The van der Waals surface area contributed by atoms with Crippen LogP contribution in [0.5, 0.6) is 0 Å². The summed E-state index contributed by atoms with van der Waals surface area (Å²) < 4.78 is 0. The van der Waals surface area contributed by atoms with Crippen molar-refractivity contribution in [2.75, 3.05) is 31.5 Å². The molecule has 1 spiro atoms. The fourth-order valence-corrected chi connectivity index (χ4v) is 3.60. The summed E-state index contributed by atoms with van der Waals surface area (Å²) in [7, 11) is 0. The van der Waals surface area contributed by atoms with Crippen LogP contribution in [0.3, 0.4) is 0 Å². The first-order valence-electron chi connectivity index (χ1n) is 8.40. The summed E-state index contributed by atoms with van der Waals surface area (Å²) in [5.74, 6) is 0.491. The Labute approximate surface area is 141 Å². The van der Waals surface area contributed by atoms with Gasteiger partial charge in [0.1, 0.15) is 0 Å². The highest BCUT2D eigenvalue weighted by Crippen LogP contribution is 2.36. The molecule has 2 amide bonds. The lowest BCUT2D eigenvalue weighted by Crippen LogP contribution is -2.36. The van der Waals surface area contributed by atoms with Gasteiger partial charge < -0.3 is 10.2 Å². The molecule has 1 aromatic heterocycles. The SMILES string of the molecule is O=C(Nc1ccc(-c2ccccc2)nn1)N1CCC2(CCNC2)C1. The number of amides is 2. The van der Waals surface area contributed by atoms with Crippen molar-refractivity contribution in [2.24, 2.45) is 5.41 Å². The van der Waals surface area contributed by atoms with Crippen molar-refractivity contribution in [3.8, 4) is 11.3 Å².